The summed E-state index contributed by atoms with van der Waals surface area (Å²) >= 11 is 0. The lowest BCUT2D eigenvalue weighted by molar-refractivity contribution is 0.669. The highest BCUT2D eigenvalue weighted by molar-refractivity contribution is 6.26. The van der Waals surface area contributed by atoms with E-state index in [-0.39, 0.29) is 0 Å². The molecule has 0 atom stereocenters. The minimum absolute atomic E-state index is 0.909. The summed E-state index contributed by atoms with van der Waals surface area (Å²) in [5.74, 6) is 0. The topological polar surface area (TPSA) is 27.9 Å². The average Bonchev–Trinajstić information content (AvgIpc) is 3.99. The maximum atomic E-state index is 6.17. The summed E-state index contributed by atoms with van der Waals surface area (Å²) in [6, 6.07) is 64.6. The van der Waals surface area contributed by atoms with Crippen molar-refractivity contribution in [2.45, 2.75) is 13.8 Å². The molecular formula is C51H39N3O. The fourth-order valence-electron chi connectivity index (χ4n) is 8.60. The van der Waals surface area contributed by atoms with E-state index >= 15 is 0 Å². The summed E-state index contributed by atoms with van der Waals surface area (Å²) in [6.07, 6.45) is 0. The second-order valence-corrected chi connectivity index (χ2v) is 13.8. The molecular weight excluding hydrogens is 671 g/mol. The number of aryl methyl sites for hydroxylation is 1. The van der Waals surface area contributed by atoms with Crippen molar-refractivity contribution in [3.63, 3.8) is 0 Å². The Hall–Kier alpha value is -7.04. The van der Waals surface area contributed by atoms with E-state index in [0.29, 0.717) is 0 Å². The third-order valence-electron chi connectivity index (χ3n) is 10.9. The van der Waals surface area contributed by atoms with Gasteiger partial charge in [-0.15, -0.1) is 0 Å². The molecule has 0 aliphatic heterocycles. The third kappa shape index (κ3) is 4.99. The Kier molecular flexibility index (Phi) is 7.77. The van der Waals surface area contributed by atoms with E-state index in [9.17, 15) is 0 Å². The largest absolute Gasteiger partial charge is 0.456 e. The van der Waals surface area contributed by atoms with Crippen LogP contribution in [-0.4, -0.2) is 13.7 Å². The van der Waals surface area contributed by atoms with E-state index in [1.807, 2.05) is 26.0 Å². The van der Waals surface area contributed by atoms with E-state index in [2.05, 4.69) is 191 Å². The summed E-state index contributed by atoms with van der Waals surface area (Å²) in [7, 11) is 2.12. The van der Waals surface area contributed by atoms with Crippen LogP contribution in [0.25, 0.3) is 98.7 Å². The Balaban J connectivity index is 0.000000195. The van der Waals surface area contributed by atoms with Gasteiger partial charge in [-0.3, -0.25) is 0 Å². The van der Waals surface area contributed by atoms with Crippen molar-refractivity contribution in [2.75, 3.05) is 0 Å². The van der Waals surface area contributed by atoms with Crippen LogP contribution in [0.5, 0.6) is 0 Å². The Morgan fingerprint density at radius 1 is 0.345 bits per heavy atom. The van der Waals surface area contributed by atoms with Crippen LogP contribution in [0.4, 0.5) is 0 Å². The molecule has 4 heteroatoms. The van der Waals surface area contributed by atoms with Crippen molar-refractivity contribution >= 4 is 87.4 Å². The van der Waals surface area contributed by atoms with E-state index in [0.717, 1.165) is 33.3 Å². The highest BCUT2D eigenvalue weighted by Crippen LogP contribution is 2.42. The molecule has 0 fully saturated rings. The molecule has 0 radical (unpaired) electrons. The normalized spacial score (nSPS) is 11.5. The van der Waals surface area contributed by atoms with Gasteiger partial charge in [-0.2, -0.15) is 0 Å². The number of para-hydroxylation sites is 6. The standard InChI is InChI=1S/C36H22N2O.C13H11N.C2H6/c1-2-10-23(11-3-1)37-31-16-8-5-14-28(31)35-32(37)20-19-27-25-12-4-7-15-30(25)38(36(27)35)24-18-21-34-29(22-24)26-13-6-9-17-33(26)39-34;1-14-12-8-4-2-6-10(12)11-7-3-5-9-13(11)14;1-2/h1-22H;2-9H,1H3;1-2H3. The third-order valence-corrected chi connectivity index (χ3v) is 10.9. The Morgan fingerprint density at radius 3 is 1.53 bits per heavy atom. The predicted octanol–water partition coefficient (Wildman–Crippen LogP) is 14.1. The smallest absolute Gasteiger partial charge is 0.135 e. The lowest BCUT2D eigenvalue weighted by Crippen LogP contribution is -1.95. The summed E-state index contributed by atoms with van der Waals surface area (Å²) in [4.78, 5) is 0. The molecule has 0 bridgehead atoms. The first-order valence-electron chi connectivity index (χ1n) is 19.1. The first-order valence-corrected chi connectivity index (χ1v) is 19.1. The first-order chi connectivity index (χ1) is 27.2. The number of nitrogens with zero attached hydrogens (tertiary/aromatic N) is 3. The maximum absolute atomic E-state index is 6.17. The number of fused-ring (bicyclic) bond motifs is 13. The molecule has 4 aromatic heterocycles. The lowest BCUT2D eigenvalue weighted by atomic mass is 10.1. The Labute approximate surface area is 318 Å². The van der Waals surface area contributed by atoms with Crippen LogP contribution in [0, 0.1) is 0 Å². The van der Waals surface area contributed by atoms with Crippen molar-refractivity contribution in [1.82, 2.24) is 13.7 Å². The van der Waals surface area contributed by atoms with E-state index < -0.39 is 0 Å². The van der Waals surface area contributed by atoms with Gasteiger partial charge < -0.3 is 18.1 Å². The van der Waals surface area contributed by atoms with Gasteiger partial charge in [0.2, 0.25) is 0 Å². The highest BCUT2D eigenvalue weighted by atomic mass is 16.3. The number of hydrogen-bond donors (Lipinski definition) is 0. The first kappa shape index (κ1) is 32.6. The lowest BCUT2D eigenvalue weighted by Gasteiger charge is -2.10. The predicted molar refractivity (Wildman–Crippen MR) is 234 cm³/mol. The van der Waals surface area contributed by atoms with Gasteiger partial charge in [0.1, 0.15) is 11.2 Å². The van der Waals surface area contributed by atoms with Crippen molar-refractivity contribution < 1.29 is 4.42 Å². The zero-order valence-electron chi connectivity index (χ0n) is 31.1. The molecule has 0 spiro atoms. The van der Waals surface area contributed by atoms with Crippen LogP contribution in [0.2, 0.25) is 0 Å². The van der Waals surface area contributed by atoms with E-state index in [1.165, 1.54) is 65.4 Å². The van der Waals surface area contributed by atoms with E-state index in [4.69, 9.17) is 4.42 Å². The van der Waals surface area contributed by atoms with Crippen LogP contribution in [-0.2, 0) is 7.05 Å². The van der Waals surface area contributed by atoms with Crippen LogP contribution >= 0.6 is 0 Å². The molecule has 12 aromatic rings. The van der Waals surface area contributed by atoms with Gasteiger partial charge in [0.25, 0.3) is 0 Å². The second-order valence-electron chi connectivity index (χ2n) is 13.8. The van der Waals surface area contributed by atoms with Gasteiger partial charge in [0, 0.05) is 72.5 Å². The molecule has 12 rings (SSSR count). The Bertz CT molecular complexity index is 3300. The molecule has 4 heterocycles. The average molecular weight is 710 g/mol. The molecule has 4 nitrogen and oxygen atoms in total. The van der Waals surface area contributed by atoms with E-state index in [1.54, 1.807) is 0 Å². The van der Waals surface area contributed by atoms with Crippen molar-refractivity contribution in [3.8, 4) is 11.4 Å². The molecule has 0 amide bonds. The minimum atomic E-state index is 0.909. The fourth-order valence-corrected chi connectivity index (χ4v) is 8.60. The van der Waals surface area contributed by atoms with Gasteiger partial charge in [-0.25, -0.2) is 0 Å². The quantitative estimate of drug-likeness (QED) is 0.176. The number of hydrogen-bond acceptors (Lipinski definition) is 1. The van der Waals surface area contributed by atoms with Gasteiger partial charge in [0.05, 0.1) is 22.1 Å². The number of rotatable bonds is 2. The zero-order valence-corrected chi connectivity index (χ0v) is 31.1. The Morgan fingerprint density at radius 2 is 0.855 bits per heavy atom. The van der Waals surface area contributed by atoms with Gasteiger partial charge in [-0.05, 0) is 66.7 Å². The van der Waals surface area contributed by atoms with Gasteiger partial charge in [0.15, 0.2) is 0 Å². The highest BCUT2D eigenvalue weighted by Gasteiger charge is 2.21. The monoisotopic (exact) mass is 709 g/mol. The van der Waals surface area contributed by atoms with Crippen LogP contribution < -0.4 is 0 Å². The van der Waals surface area contributed by atoms with Crippen LogP contribution in [0.1, 0.15) is 13.8 Å². The summed E-state index contributed by atoms with van der Waals surface area (Å²) < 4.78 is 13.2. The van der Waals surface area contributed by atoms with Gasteiger partial charge in [-0.1, -0.05) is 129 Å². The minimum Gasteiger partial charge on any atom is -0.456 e. The van der Waals surface area contributed by atoms with Gasteiger partial charge >= 0.3 is 0 Å². The van der Waals surface area contributed by atoms with Crippen LogP contribution in [0.3, 0.4) is 0 Å². The molecule has 0 unspecified atom stereocenters. The molecule has 0 aliphatic rings. The molecule has 0 aliphatic carbocycles. The summed E-state index contributed by atoms with van der Waals surface area (Å²) in [5.41, 5.74) is 11.6. The number of benzene rings is 8. The molecule has 0 N–H and O–H groups in total. The maximum Gasteiger partial charge on any atom is 0.135 e. The molecule has 264 valence electrons. The molecule has 0 saturated heterocycles. The number of furan rings is 1. The van der Waals surface area contributed by atoms with Crippen molar-refractivity contribution in [3.05, 3.63) is 182 Å². The van der Waals surface area contributed by atoms with Crippen molar-refractivity contribution in [2.24, 2.45) is 7.05 Å². The summed E-state index contributed by atoms with van der Waals surface area (Å²) in [6.45, 7) is 4.00. The SMILES string of the molecule is CC.Cn1c2ccccc2c2ccccc21.c1ccc(-n2c3ccccc3c3c2ccc2c4ccccc4n(-c4ccc5oc6ccccc6c5c4)c23)cc1. The second kappa shape index (κ2) is 13.1. The number of aromatic nitrogens is 3. The molecule has 8 aromatic carbocycles. The van der Waals surface area contributed by atoms with Crippen molar-refractivity contribution in [1.29, 1.82) is 0 Å². The molecule has 0 saturated carbocycles. The van der Waals surface area contributed by atoms with Crippen LogP contribution in [0.15, 0.2) is 186 Å². The summed E-state index contributed by atoms with van der Waals surface area (Å²) in [5, 5.41) is 9.97. The zero-order chi connectivity index (χ0) is 37.0. The molecule has 55 heavy (non-hydrogen) atoms. The fraction of sp³-hybridized carbons (Fsp3) is 0.0588.